The van der Waals surface area contributed by atoms with E-state index in [4.69, 9.17) is 5.11 Å². The lowest BCUT2D eigenvalue weighted by atomic mass is 10.9. The molecule has 0 spiro atoms. The van der Waals surface area contributed by atoms with Crippen molar-refractivity contribution in [3.8, 4) is 0 Å². The molecule has 0 amide bonds. The van der Waals surface area contributed by atoms with Crippen molar-refractivity contribution in [2.45, 2.75) is 0 Å². The van der Waals surface area contributed by atoms with Gasteiger partial charge in [0, 0.05) is 14.1 Å². The molecule has 3 nitrogen and oxygen atoms in total. The molecule has 0 unspecified atom stereocenters. The fourth-order valence-electron chi connectivity index (χ4n) is 0.194. The Morgan fingerprint density at radius 2 is 2.22 bits per heavy atom. The van der Waals surface area contributed by atoms with Gasteiger partial charge in [0.05, 0.1) is 0 Å². The molecular weight excluding hydrogens is 138 g/mol. The summed E-state index contributed by atoms with van der Waals surface area (Å²) in [5.41, 5.74) is 0. The summed E-state index contributed by atoms with van der Waals surface area (Å²) < 4.78 is 4.68. The third-order valence-electron chi connectivity index (χ3n) is 0.595. The van der Waals surface area contributed by atoms with E-state index < -0.39 is 0 Å². The molecule has 1 N–H and O–H groups in total. The SMILES string of the molecule is CN(C)C(=S)O/C=C/O. The lowest BCUT2D eigenvalue weighted by Crippen LogP contribution is -2.20. The highest BCUT2D eigenvalue weighted by atomic mass is 32.1. The molecule has 0 aromatic carbocycles. The van der Waals surface area contributed by atoms with Crippen molar-refractivity contribution in [3.05, 3.63) is 12.5 Å². The second-order valence-corrected chi connectivity index (χ2v) is 1.91. The highest BCUT2D eigenvalue weighted by Gasteiger charge is 1.93. The molecule has 0 aliphatic rings. The van der Waals surface area contributed by atoms with Crippen molar-refractivity contribution in [1.82, 2.24) is 4.90 Å². The van der Waals surface area contributed by atoms with E-state index in [1.54, 1.807) is 19.0 Å². The number of rotatable bonds is 1. The minimum Gasteiger partial charge on any atom is -0.512 e. The number of hydrogen-bond acceptors (Lipinski definition) is 3. The highest BCUT2D eigenvalue weighted by molar-refractivity contribution is 7.80. The fourth-order valence-corrected chi connectivity index (χ4v) is 0.250. The number of nitrogens with zero attached hydrogens (tertiary/aromatic N) is 1. The van der Waals surface area contributed by atoms with Gasteiger partial charge in [0.2, 0.25) is 0 Å². The lowest BCUT2D eigenvalue weighted by molar-refractivity contribution is 0.369. The van der Waals surface area contributed by atoms with Crippen molar-refractivity contribution in [2.24, 2.45) is 0 Å². The summed E-state index contributed by atoms with van der Waals surface area (Å²) >= 11 is 4.68. The summed E-state index contributed by atoms with van der Waals surface area (Å²) in [5, 5.41) is 8.43. The van der Waals surface area contributed by atoms with Crippen molar-refractivity contribution in [2.75, 3.05) is 14.1 Å². The Bertz CT molecular complexity index is 122. The molecular formula is C5H9NO2S. The third kappa shape index (κ3) is 3.78. The zero-order chi connectivity index (χ0) is 7.28. The molecule has 0 radical (unpaired) electrons. The van der Waals surface area contributed by atoms with Crippen LogP contribution in [0.4, 0.5) is 0 Å². The van der Waals surface area contributed by atoms with Crippen LogP contribution in [0.5, 0.6) is 0 Å². The molecule has 0 saturated carbocycles. The largest absolute Gasteiger partial charge is 0.512 e. The van der Waals surface area contributed by atoms with Crippen molar-refractivity contribution < 1.29 is 9.84 Å². The molecule has 0 aliphatic heterocycles. The molecule has 0 aromatic heterocycles. The van der Waals surface area contributed by atoms with Crippen molar-refractivity contribution in [3.63, 3.8) is 0 Å². The first-order valence-electron chi connectivity index (χ1n) is 2.35. The number of hydrogen-bond donors (Lipinski definition) is 1. The Kier molecular flexibility index (Phi) is 3.79. The van der Waals surface area contributed by atoms with Crippen LogP contribution in [0.2, 0.25) is 0 Å². The summed E-state index contributed by atoms with van der Waals surface area (Å²) in [5.74, 6) is 0. The molecule has 4 heteroatoms. The van der Waals surface area contributed by atoms with Crippen molar-refractivity contribution in [1.29, 1.82) is 0 Å². The van der Waals surface area contributed by atoms with Gasteiger partial charge in [-0.2, -0.15) is 0 Å². The lowest BCUT2D eigenvalue weighted by Gasteiger charge is -2.10. The van der Waals surface area contributed by atoms with E-state index in [2.05, 4.69) is 17.0 Å². The molecule has 0 atom stereocenters. The molecule has 0 saturated heterocycles. The van der Waals surface area contributed by atoms with Gasteiger partial charge in [0.15, 0.2) is 0 Å². The Morgan fingerprint density at radius 3 is 2.56 bits per heavy atom. The van der Waals surface area contributed by atoms with Gasteiger partial charge in [-0.25, -0.2) is 0 Å². The Balaban J connectivity index is 3.51. The van der Waals surface area contributed by atoms with E-state index in [1.807, 2.05) is 0 Å². The van der Waals surface area contributed by atoms with Crippen LogP contribution in [-0.2, 0) is 4.74 Å². The predicted molar refractivity (Wildman–Crippen MR) is 39.1 cm³/mol. The molecule has 0 heterocycles. The first kappa shape index (κ1) is 8.23. The standard InChI is InChI=1S/C5H9NO2S/c1-6(2)5(9)8-4-3-7/h3-4,7H,1-2H3/b4-3+. The van der Waals surface area contributed by atoms with Gasteiger partial charge in [-0.15, -0.1) is 0 Å². The van der Waals surface area contributed by atoms with Crippen LogP contribution >= 0.6 is 12.2 Å². The zero-order valence-electron chi connectivity index (χ0n) is 5.37. The van der Waals surface area contributed by atoms with Gasteiger partial charge < -0.3 is 14.7 Å². The summed E-state index contributed by atoms with van der Waals surface area (Å²) in [6.07, 6.45) is 1.90. The Morgan fingerprint density at radius 1 is 1.67 bits per heavy atom. The normalized spacial score (nSPS) is 9.56. The maximum absolute atomic E-state index is 8.11. The highest BCUT2D eigenvalue weighted by Crippen LogP contribution is 1.85. The second-order valence-electron chi connectivity index (χ2n) is 1.56. The smallest absolute Gasteiger partial charge is 0.263 e. The summed E-state index contributed by atoms with van der Waals surface area (Å²) in [6.45, 7) is 0. The minimum atomic E-state index is 0.320. The van der Waals surface area contributed by atoms with E-state index in [-0.39, 0.29) is 0 Å². The van der Waals surface area contributed by atoms with Crippen LogP contribution in [0.25, 0.3) is 0 Å². The maximum atomic E-state index is 8.11. The first-order valence-corrected chi connectivity index (χ1v) is 2.76. The molecule has 0 bridgehead atoms. The number of aliphatic hydroxyl groups excluding tert-OH is 1. The van der Waals surface area contributed by atoms with Crippen LogP contribution in [0.15, 0.2) is 12.5 Å². The fraction of sp³-hybridized carbons (Fsp3) is 0.400. The van der Waals surface area contributed by atoms with E-state index in [9.17, 15) is 0 Å². The number of thiocarbonyl (C=S) groups is 1. The van der Waals surface area contributed by atoms with E-state index in [0.29, 0.717) is 5.17 Å². The minimum absolute atomic E-state index is 0.320. The molecule has 0 aromatic rings. The quantitative estimate of drug-likeness (QED) is 0.441. The third-order valence-corrected chi connectivity index (χ3v) is 1.06. The summed E-state index contributed by atoms with van der Waals surface area (Å²) in [7, 11) is 3.51. The molecule has 0 aliphatic carbocycles. The average Bonchev–Trinajstić information content (AvgIpc) is 1.82. The Hall–Kier alpha value is -0.770. The predicted octanol–water partition coefficient (Wildman–Crippen LogP) is 0.879. The van der Waals surface area contributed by atoms with Gasteiger partial charge in [-0.05, 0) is 12.2 Å². The van der Waals surface area contributed by atoms with Crippen molar-refractivity contribution >= 4 is 17.4 Å². The monoisotopic (exact) mass is 147 g/mol. The summed E-state index contributed by atoms with van der Waals surface area (Å²) in [6, 6.07) is 0. The van der Waals surface area contributed by atoms with Crippen LogP contribution < -0.4 is 0 Å². The topological polar surface area (TPSA) is 32.7 Å². The summed E-state index contributed by atoms with van der Waals surface area (Å²) in [4.78, 5) is 1.62. The van der Waals surface area contributed by atoms with Gasteiger partial charge in [-0.1, -0.05) is 0 Å². The number of ether oxygens (including phenoxy) is 1. The molecule has 9 heavy (non-hydrogen) atoms. The van der Waals surface area contributed by atoms with Gasteiger partial charge in [-0.3, -0.25) is 0 Å². The molecule has 0 fully saturated rings. The molecule has 52 valence electrons. The average molecular weight is 147 g/mol. The van der Waals surface area contributed by atoms with Gasteiger partial charge in [0.1, 0.15) is 12.5 Å². The van der Waals surface area contributed by atoms with Crippen LogP contribution in [-0.4, -0.2) is 29.3 Å². The number of aliphatic hydroxyl groups is 1. The molecule has 0 rings (SSSR count). The van der Waals surface area contributed by atoms with Crippen LogP contribution in [0, 0.1) is 0 Å². The zero-order valence-corrected chi connectivity index (χ0v) is 6.18. The second kappa shape index (κ2) is 4.14. The Labute approximate surface area is 59.5 Å². The maximum Gasteiger partial charge on any atom is 0.263 e. The van der Waals surface area contributed by atoms with Gasteiger partial charge >= 0.3 is 0 Å². The van der Waals surface area contributed by atoms with Crippen LogP contribution in [0.3, 0.4) is 0 Å². The van der Waals surface area contributed by atoms with Crippen LogP contribution in [0.1, 0.15) is 0 Å². The van der Waals surface area contributed by atoms with Gasteiger partial charge in [0.25, 0.3) is 5.17 Å². The first-order chi connectivity index (χ1) is 4.18. The van der Waals surface area contributed by atoms with E-state index >= 15 is 0 Å². The van der Waals surface area contributed by atoms with E-state index in [1.165, 1.54) is 0 Å². The van der Waals surface area contributed by atoms with E-state index in [0.717, 1.165) is 12.5 Å².